The number of benzene rings is 2. The third-order valence-electron chi connectivity index (χ3n) is 6.72. The highest BCUT2D eigenvalue weighted by molar-refractivity contribution is 6.13. The molecule has 2 aromatic carbocycles. The summed E-state index contributed by atoms with van der Waals surface area (Å²) in [4.78, 5) is 37.3. The number of aryl methyl sites for hydroxylation is 1. The second-order valence-corrected chi connectivity index (χ2v) is 9.14. The Morgan fingerprint density at radius 2 is 1.80 bits per heavy atom. The maximum Gasteiger partial charge on any atom is 0.256 e. The smallest absolute Gasteiger partial charge is 0.256 e. The number of amides is 2. The van der Waals surface area contributed by atoms with Crippen LogP contribution < -0.4 is 5.32 Å². The first kappa shape index (κ1) is 22.7. The number of carbonyl (C=O) groups excluding carboxylic acids is 2. The molecule has 2 amide bonds. The number of fused-ring (bicyclic) bond motifs is 1. The SMILES string of the molecule is Cc1cc(C(=O)N2CCCCC2C)ccc1NC(=O)c1cc(-c2ccncc2)nc2ccccc12. The minimum Gasteiger partial charge on any atom is -0.336 e. The van der Waals surface area contributed by atoms with Gasteiger partial charge in [-0.3, -0.25) is 14.6 Å². The second-order valence-electron chi connectivity index (χ2n) is 9.14. The van der Waals surface area contributed by atoms with Crippen molar-refractivity contribution in [3.05, 3.63) is 89.7 Å². The summed E-state index contributed by atoms with van der Waals surface area (Å²) < 4.78 is 0. The lowest BCUT2D eigenvalue weighted by atomic mass is 10.0. The molecule has 1 saturated heterocycles. The standard InChI is InChI=1S/C29H28N4O2/c1-19-17-22(29(35)33-16-6-5-7-20(33)2)10-11-25(19)32-28(34)24-18-27(21-12-14-30-15-13-21)31-26-9-4-3-8-23(24)26/h3-4,8-15,17-18,20H,5-7,16H2,1-2H3,(H,32,34). The molecule has 1 aliphatic heterocycles. The lowest BCUT2D eigenvalue weighted by Gasteiger charge is -2.33. The monoisotopic (exact) mass is 464 g/mol. The van der Waals surface area contributed by atoms with Gasteiger partial charge in [-0.15, -0.1) is 0 Å². The normalized spacial score (nSPS) is 15.7. The Kier molecular flexibility index (Phi) is 6.27. The predicted molar refractivity (Wildman–Crippen MR) is 138 cm³/mol. The lowest BCUT2D eigenvalue weighted by molar-refractivity contribution is 0.0635. The minimum absolute atomic E-state index is 0.0558. The van der Waals surface area contributed by atoms with E-state index >= 15 is 0 Å². The number of pyridine rings is 2. The van der Waals surface area contributed by atoms with E-state index in [1.165, 1.54) is 6.42 Å². The van der Waals surface area contributed by atoms with Crippen LogP contribution in [0.5, 0.6) is 0 Å². The van der Waals surface area contributed by atoms with Crippen LogP contribution in [0.15, 0.2) is 73.1 Å². The summed E-state index contributed by atoms with van der Waals surface area (Å²) in [6.07, 6.45) is 6.68. The number of rotatable bonds is 4. The van der Waals surface area contributed by atoms with Crippen LogP contribution in [-0.2, 0) is 0 Å². The molecule has 0 spiro atoms. The zero-order valence-corrected chi connectivity index (χ0v) is 20.0. The number of nitrogens with one attached hydrogen (secondary N) is 1. The van der Waals surface area contributed by atoms with Crippen LogP contribution in [-0.4, -0.2) is 39.3 Å². The first-order valence-electron chi connectivity index (χ1n) is 12.0. The van der Waals surface area contributed by atoms with Crippen molar-refractivity contribution in [1.82, 2.24) is 14.9 Å². The molecule has 3 heterocycles. The maximum atomic E-state index is 13.4. The zero-order chi connectivity index (χ0) is 24.4. The lowest BCUT2D eigenvalue weighted by Crippen LogP contribution is -2.42. The third-order valence-corrected chi connectivity index (χ3v) is 6.72. The van der Waals surface area contributed by atoms with Crippen LogP contribution >= 0.6 is 0 Å². The number of aromatic nitrogens is 2. The van der Waals surface area contributed by atoms with Crippen LogP contribution in [0.4, 0.5) is 5.69 Å². The molecule has 176 valence electrons. The molecule has 1 atom stereocenters. The number of piperidine rings is 1. The van der Waals surface area contributed by atoms with Crippen LogP contribution in [0.2, 0.25) is 0 Å². The van der Waals surface area contributed by atoms with E-state index in [4.69, 9.17) is 4.98 Å². The van der Waals surface area contributed by atoms with Gasteiger partial charge in [-0.25, -0.2) is 4.98 Å². The molecular formula is C29H28N4O2. The number of hydrogen-bond donors (Lipinski definition) is 1. The fourth-order valence-corrected chi connectivity index (χ4v) is 4.73. The highest BCUT2D eigenvalue weighted by Crippen LogP contribution is 2.27. The second kappa shape index (κ2) is 9.66. The van der Waals surface area contributed by atoms with E-state index in [9.17, 15) is 9.59 Å². The van der Waals surface area contributed by atoms with E-state index in [1.807, 2.05) is 66.4 Å². The summed E-state index contributed by atoms with van der Waals surface area (Å²) in [5.74, 6) is -0.161. The van der Waals surface area contributed by atoms with E-state index in [0.717, 1.165) is 41.4 Å². The van der Waals surface area contributed by atoms with Crippen LogP contribution in [0.3, 0.4) is 0 Å². The van der Waals surface area contributed by atoms with E-state index in [0.29, 0.717) is 22.5 Å². The highest BCUT2D eigenvalue weighted by Gasteiger charge is 2.24. The molecule has 0 saturated carbocycles. The summed E-state index contributed by atoms with van der Waals surface area (Å²) in [5.41, 5.74) is 5.09. The molecule has 6 nitrogen and oxygen atoms in total. The largest absolute Gasteiger partial charge is 0.336 e. The molecule has 1 fully saturated rings. The molecule has 1 N–H and O–H groups in total. The topological polar surface area (TPSA) is 75.2 Å². The Bertz CT molecular complexity index is 1400. The molecular weight excluding hydrogens is 436 g/mol. The average molecular weight is 465 g/mol. The van der Waals surface area contributed by atoms with Crippen molar-refractivity contribution in [2.45, 2.75) is 39.2 Å². The van der Waals surface area contributed by atoms with E-state index < -0.39 is 0 Å². The summed E-state index contributed by atoms with van der Waals surface area (Å²) in [6.45, 7) is 4.82. The molecule has 35 heavy (non-hydrogen) atoms. The summed E-state index contributed by atoms with van der Waals surface area (Å²) in [5, 5.41) is 3.83. The number of likely N-dealkylation sites (tertiary alicyclic amines) is 1. The molecule has 1 unspecified atom stereocenters. The summed E-state index contributed by atoms with van der Waals surface area (Å²) in [7, 11) is 0. The Balaban J connectivity index is 1.44. The Morgan fingerprint density at radius 3 is 2.57 bits per heavy atom. The molecule has 5 rings (SSSR count). The van der Waals surface area contributed by atoms with E-state index in [-0.39, 0.29) is 17.9 Å². The first-order chi connectivity index (χ1) is 17.0. The van der Waals surface area contributed by atoms with Gasteiger partial charge in [0.05, 0.1) is 16.8 Å². The van der Waals surface area contributed by atoms with Crippen molar-refractivity contribution >= 4 is 28.4 Å². The Labute approximate surface area is 205 Å². The number of anilines is 1. The fraction of sp³-hybridized carbons (Fsp3) is 0.241. The molecule has 6 heteroatoms. The van der Waals surface area contributed by atoms with Crippen LogP contribution in [0.1, 0.15) is 52.5 Å². The minimum atomic E-state index is -0.217. The highest BCUT2D eigenvalue weighted by atomic mass is 16.2. The van der Waals surface area contributed by atoms with Gasteiger partial charge < -0.3 is 10.2 Å². The van der Waals surface area contributed by atoms with Gasteiger partial charge in [-0.1, -0.05) is 18.2 Å². The van der Waals surface area contributed by atoms with Crippen molar-refractivity contribution in [2.75, 3.05) is 11.9 Å². The third kappa shape index (κ3) is 4.64. The van der Waals surface area contributed by atoms with Crippen molar-refractivity contribution in [3.63, 3.8) is 0 Å². The first-order valence-corrected chi connectivity index (χ1v) is 12.0. The Hall–Kier alpha value is -4.06. The quantitative estimate of drug-likeness (QED) is 0.410. The average Bonchev–Trinajstić information content (AvgIpc) is 2.89. The van der Waals surface area contributed by atoms with Gasteiger partial charge in [0.1, 0.15) is 0 Å². The number of nitrogens with zero attached hydrogens (tertiary/aromatic N) is 3. The van der Waals surface area contributed by atoms with E-state index in [1.54, 1.807) is 18.5 Å². The zero-order valence-electron chi connectivity index (χ0n) is 20.0. The predicted octanol–water partition coefficient (Wildman–Crippen LogP) is 5.87. The molecule has 0 aliphatic carbocycles. The number of para-hydroxylation sites is 1. The molecule has 0 bridgehead atoms. The van der Waals surface area contributed by atoms with Gasteiger partial charge in [-0.05, 0) is 81.1 Å². The van der Waals surface area contributed by atoms with Crippen molar-refractivity contribution in [1.29, 1.82) is 0 Å². The van der Waals surface area contributed by atoms with Gasteiger partial charge >= 0.3 is 0 Å². The summed E-state index contributed by atoms with van der Waals surface area (Å²) in [6, 6.07) is 18.9. The van der Waals surface area contributed by atoms with Gasteiger partial charge in [-0.2, -0.15) is 0 Å². The van der Waals surface area contributed by atoms with Gasteiger partial charge in [0.2, 0.25) is 0 Å². The van der Waals surface area contributed by atoms with E-state index in [2.05, 4.69) is 17.2 Å². The van der Waals surface area contributed by atoms with Crippen molar-refractivity contribution in [2.24, 2.45) is 0 Å². The molecule has 2 aromatic heterocycles. The number of hydrogen-bond acceptors (Lipinski definition) is 4. The molecule has 4 aromatic rings. The maximum absolute atomic E-state index is 13.4. The summed E-state index contributed by atoms with van der Waals surface area (Å²) >= 11 is 0. The van der Waals surface area contributed by atoms with Gasteiger partial charge in [0.15, 0.2) is 0 Å². The fourth-order valence-electron chi connectivity index (χ4n) is 4.73. The van der Waals surface area contributed by atoms with Gasteiger partial charge in [0, 0.05) is 47.2 Å². The Morgan fingerprint density at radius 1 is 1.00 bits per heavy atom. The van der Waals surface area contributed by atoms with Crippen LogP contribution in [0, 0.1) is 6.92 Å². The van der Waals surface area contributed by atoms with Gasteiger partial charge in [0.25, 0.3) is 11.8 Å². The van der Waals surface area contributed by atoms with Crippen molar-refractivity contribution in [3.8, 4) is 11.3 Å². The number of carbonyl (C=O) groups is 2. The van der Waals surface area contributed by atoms with Crippen molar-refractivity contribution < 1.29 is 9.59 Å². The molecule has 1 aliphatic rings. The molecule has 0 radical (unpaired) electrons. The van der Waals surface area contributed by atoms with Crippen LogP contribution in [0.25, 0.3) is 22.2 Å².